The van der Waals surface area contributed by atoms with E-state index >= 15 is 0 Å². The zero-order valence-corrected chi connectivity index (χ0v) is 11.4. The Bertz CT molecular complexity index is 429. The van der Waals surface area contributed by atoms with Crippen molar-refractivity contribution in [2.75, 3.05) is 44.5 Å². The van der Waals surface area contributed by atoms with Crippen molar-refractivity contribution in [3.8, 4) is 0 Å². The second-order valence-corrected chi connectivity index (χ2v) is 3.95. The largest absolute Gasteiger partial charge is 0.382 e. The molecule has 0 bridgehead atoms. The fourth-order valence-corrected chi connectivity index (χ4v) is 1.48. The summed E-state index contributed by atoms with van der Waals surface area (Å²) in [5, 5.41) is 13.7. The van der Waals surface area contributed by atoms with E-state index in [0.29, 0.717) is 26.4 Å². The molecule has 0 aromatic carbocycles. The summed E-state index contributed by atoms with van der Waals surface area (Å²) < 4.78 is 10.1. The van der Waals surface area contributed by atoms with Crippen molar-refractivity contribution in [1.29, 1.82) is 0 Å². The lowest BCUT2D eigenvalue weighted by atomic mass is 10.3. The molecule has 9 nitrogen and oxygen atoms in total. The van der Waals surface area contributed by atoms with Crippen molar-refractivity contribution in [3.63, 3.8) is 0 Å². The van der Waals surface area contributed by atoms with E-state index in [1.165, 1.54) is 6.33 Å². The number of hydrogen-bond acceptors (Lipinski definition) is 8. The SMILES string of the molecule is COCCOCCCCNc1ncnc(N)c1[N+](=O)[O-]. The van der Waals surface area contributed by atoms with Crippen LogP contribution in [0.15, 0.2) is 6.33 Å². The molecule has 3 N–H and O–H groups in total. The molecule has 0 aliphatic carbocycles. The zero-order chi connectivity index (χ0) is 14.8. The highest BCUT2D eigenvalue weighted by Gasteiger charge is 2.20. The molecule has 20 heavy (non-hydrogen) atoms. The van der Waals surface area contributed by atoms with Gasteiger partial charge in [-0.25, -0.2) is 9.97 Å². The number of hydrogen-bond donors (Lipinski definition) is 2. The van der Waals surface area contributed by atoms with Crippen LogP contribution in [0.4, 0.5) is 17.3 Å². The number of nitrogens with zero attached hydrogens (tertiary/aromatic N) is 3. The van der Waals surface area contributed by atoms with E-state index < -0.39 is 4.92 Å². The molecule has 1 heterocycles. The van der Waals surface area contributed by atoms with Gasteiger partial charge in [-0.15, -0.1) is 0 Å². The average Bonchev–Trinajstić information content (AvgIpc) is 2.41. The van der Waals surface area contributed by atoms with Crippen LogP contribution in [0.2, 0.25) is 0 Å². The molecule has 0 saturated carbocycles. The summed E-state index contributed by atoms with van der Waals surface area (Å²) >= 11 is 0. The Morgan fingerprint density at radius 3 is 2.85 bits per heavy atom. The van der Waals surface area contributed by atoms with Gasteiger partial charge in [0.15, 0.2) is 0 Å². The molecule has 0 saturated heterocycles. The van der Waals surface area contributed by atoms with Crippen molar-refractivity contribution in [3.05, 3.63) is 16.4 Å². The van der Waals surface area contributed by atoms with Gasteiger partial charge in [0.05, 0.1) is 18.1 Å². The Morgan fingerprint density at radius 1 is 1.35 bits per heavy atom. The van der Waals surface area contributed by atoms with Crippen molar-refractivity contribution < 1.29 is 14.4 Å². The molecule has 0 fully saturated rings. The first kappa shape index (κ1) is 16.1. The monoisotopic (exact) mass is 285 g/mol. The van der Waals surface area contributed by atoms with Crippen LogP contribution in [0.5, 0.6) is 0 Å². The van der Waals surface area contributed by atoms with Crippen molar-refractivity contribution in [1.82, 2.24) is 9.97 Å². The predicted molar refractivity (Wildman–Crippen MR) is 73.5 cm³/mol. The first-order valence-corrected chi connectivity index (χ1v) is 6.22. The Hall–Kier alpha value is -2.00. The van der Waals surface area contributed by atoms with Crippen LogP contribution < -0.4 is 11.1 Å². The van der Waals surface area contributed by atoms with Gasteiger partial charge >= 0.3 is 5.69 Å². The summed E-state index contributed by atoms with van der Waals surface area (Å²) in [6.07, 6.45) is 2.83. The Kier molecular flexibility index (Phi) is 7.22. The first-order valence-electron chi connectivity index (χ1n) is 6.22. The maximum absolute atomic E-state index is 10.9. The van der Waals surface area contributed by atoms with Crippen LogP contribution in [0.25, 0.3) is 0 Å². The van der Waals surface area contributed by atoms with Crippen molar-refractivity contribution >= 4 is 17.3 Å². The summed E-state index contributed by atoms with van der Waals surface area (Å²) in [7, 11) is 1.62. The summed E-state index contributed by atoms with van der Waals surface area (Å²) in [5.41, 5.74) is 5.17. The van der Waals surface area contributed by atoms with Gasteiger partial charge in [-0.2, -0.15) is 0 Å². The fourth-order valence-electron chi connectivity index (χ4n) is 1.48. The number of nitro groups is 1. The van der Waals surface area contributed by atoms with Crippen LogP contribution in [0.1, 0.15) is 12.8 Å². The number of anilines is 2. The molecule has 0 unspecified atom stereocenters. The summed E-state index contributed by atoms with van der Waals surface area (Å²) in [6.45, 7) is 2.31. The van der Waals surface area contributed by atoms with Crippen LogP contribution in [0, 0.1) is 10.1 Å². The zero-order valence-electron chi connectivity index (χ0n) is 11.4. The molecule has 0 atom stereocenters. The Morgan fingerprint density at radius 2 is 2.15 bits per heavy atom. The predicted octanol–water partition coefficient (Wildman–Crippen LogP) is 0.822. The second kappa shape index (κ2) is 8.99. The molecule has 0 aliphatic rings. The lowest BCUT2D eigenvalue weighted by molar-refractivity contribution is -0.383. The quantitative estimate of drug-likeness (QED) is 0.367. The van der Waals surface area contributed by atoms with Gasteiger partial charge in [-0.1, -0.05) is 0 Å². The number of nitrogen functional groups attached to an aromatic ring is 1. The van der Waals surface area contributed by atoms with Crippen LogP contribution in [0.3, 0.4) is 0 Å². The number of methoxy groups -OCH3 is 1. The van der Waals surface area contributed by atoms with Gasteiger partial charge in [0.1, 0.15) is 6.33 Å². The van der Waals surface area contributed by atoms with Crippen LogP contribution in [-0.2, 0) is 9.47 Å². The van der Waals surface area contributed by atoms with Crippen LogP contribution in [-0.4, -0.2) is 48.4 Å². The molecule has 112 valence electrons. The number of aromatic nitrogens is 2. The third-order valence-electron chi connectivity index (χ3n) is 2.47. The third-order valence-corrected chi connectivity index (χ3v) is 2.47. The van der Waals surface area contributed by atoms with E-state index in [-0.39, 0.29) is 17.3 Å². The smallest absolute Gasteiger partial charge is 0.352 e. The molecule has 0 aliphatic heterocycles. The molecule has 9 heteroatoms. The minimum absolute atomic E-state index is 0.141. The van der Waals surface area contributed by atoms with Crippen molar-refractivity contribution in [2.24, 2.45) is 0 Å². The molecular formula is C11H19N5O4. The number of ether oxygens (including phenoxy) is 2. The second-order valence-electron chi connectivity index (χ2n) is 3.95. The maximum Gasteiger partial charge on any atom is 0.352 e. The van der Waals surface area contributed by atoms with Gasteiger partial charge < -0.3 is 20.5 Å². The lowest BCUT2D eigenvalue weighted by Gasteiger charge is -2.07. The van der Waals surface area contributed by atoms with E-state index in [9.17, 15) is 10.1 Å². The van der Waals surface area contributed by atoms with E-state index in [1.54, 1.807) is 7.11 Å². The Balaban J connectivity index is 2.29. The van der Waals surface area contributed by atoms with E-state index in [1.807, 2.05) is 0 Å². The van der Waals surface area contributed by atoms with Gasteiger partial charge in [0.25, 0.3) is 0 Å². The number of nitrogens with two attached hydrogens (primary N) is 1. The normalized spacial score (nSPS) is 10.4. The van der Waals surface area contributed by atoms with Gasteiger partial charge in [-0.3, -0.25) is 10.1 Å². The lowest BCUT2D eigenvalue weighted by Crippen LogP contribution is -2.10. The third kappa shape index (κ3) is 5.33. The molecule has 1 aromatic rings. The van der Waals surface area contributed by atoms with Crippen molar-refractivity contribution in [2.45, 2.75) is 12.8 Å². The first-order chi connectivity index (χ1) is 9.66. The van der Waals surface area contributed by atoms with Gasteiger partial charge in [0.2, 0.25) is 11.6 Å². The fraction of sp³-hybridized carbons (Fsp3) is 0.636. The minimum Gasteiger partial charge on any atom is -0.382 e. The molecular weight excluding hydrogens is 266 g/mol. The molecule has 0 radical (unpaired) electrons. The maximum atomic E-state index is 10.9. The number of nitrogens with one attached hydrogen (secondary N) is 1. The Labute approximate surface area is 116 Å². The molecule has 0 spiro atoms. The average molecular weight is 285 g/mol. The van der Waals surface area contributed by atoms with Crippen LogP contribution >= 0.6 is 0 Å². The summed E-state index contributed by atoms with van der Waals surface area (Å²) in [6, 6.07) is 0. The standard InChI is InChI=1S/C11H19N5O4/c1-19-6-7-20-5-3-2-4-13-11-9(16(17)18)10(12)14-8-15-11/h8H,2-7H2,1H3,(H3,12,13,14,15). The number of rotatable bonds is 10. The van der Waals surface area contributed by atoms with Gasteiger partial charge in [-0.05, 0) is 12.8 Å². The highest BCUT2D eigenvalue weighted by atomic mass is 16.6. The summed E-state index contributed by atoms with van der Waals surface area (Å²) in [4.78, 5) is 17.7. The highest BCUT2D eigenvalue weighted by Crippen LogP contribution is 2.25. The molecule has 1 aromatic heterocycles. The summed E-state index contributed by atoms with van der Waals surface area (Å²) in [5.74, 6) is -0.00167. The molecule has 1 rings (SSSR count). The van der Waals surface area contributed by atoms with E-state index in [4.69, 9.17) is 15.2 Å². The van der Waals surface area contributed by atoms with Gasteiger partial charge in [0, 0.05) is 20.3 Å². The topological polar surface area (TPSA) is 125 Å². The molecule has 0 amide bonds. The van der Waals surface area contributed by atoms with E-state index in [2.05, 4.69) is 15.3 Å². The number of unbranched alkanes of at least 4 members (excludes halogenated alkanes) is 1. The van der Waals surface area contributed by atoms with E-state index in [0.717, 1.165) is 12.8 Å². The highest BCUT2D eigenvalue weighted by molar-refractivity contribution is 5.67. The minimum atomic E-state index is -0.592.